The molecule has 0 spiro atoms. The quantitative estimate of drug-likeness (QED) is 0.406. The second-order valence-corrected chi connectivity index (χ2v) is 9.00. The zero-order valence-electron chi connectivity index (χ0n) is 18.9. The van der Waals surface area contributed by atoms with E-state index >= 15 is 0 Å². The summed E-state index contributed by atoms with van der Waals surface area (Å²) in [6.45, 7) is 0.528. The minimum absolute atomic E-state index is 0.0869. The van der Waals surface area contributed by atoms with Crippen LogP contribution in [-0.2, 0) is 16.0 Å². The maximum absolute atomic E-state index is 13.4. The number of hydrogen-bond donors (Lipinski definition) is 2. The van der Waals surface area contributed by atoms with Crippen LogP contribution in [0.5, 0.6) is 5.75 Å². The summed E-state index contributed by atoms with van der Waals surface area (Å²) in [5.74, 6) is 0.905. The Balaban J connectivity index is 1.73. The molecule has 0 bridgehead atoms. The summed E-state index contributed by atoms with van der Waals surface area (Å²) >= 11 is 3.47. The van der Waals surface area contributed by atoms with Gasteiger partial charge in [0, 0.05) is 36.5 Å². The van der Waals surface area contributed by atoms with Crippen molar-refractivity contribution in [3.63, 3.8) is 0 Å². The molecule has 7 heteroatoms. The molecule has 176 valence electrons. The third-order valence-corrected chi connectivity index (χ3v) is 6.27. The molecule has 3 aromatic rings. The lowest BCUT2D eigenvalue weighted by molar-refractivity contribution is -0.128. The topological polar surface area (TPSA) is 80.2 Å². The van der Waals surface area contributed by atoms with Crippen LogP contribution in [0.25, 0.3) is 0 Å². The van der Waals surface area contributed by atoms with Crippen molar-refractivity contribution in [2.24, 2.45) is 4.99 Å². The Morgan fingerprint density at radius 2 is 1.79 bits per heavy atom. The van der Waals surface area contributed by atoms with Gasteiger partial charge in [0.15, 0.2) is 11.6 Å². The predicted molar refractivity (Wildman–Crippen MR) is 135 cm³/mol. The van der Waals surface area contributed by atoms with Crippen molar-refractivity contribution in [3.8, 4) is 5.75 Å². The van der Waals surface area contributed by atoms with E-state index in [2.05, 4.69) is 21.2 Å². The number of nitrogens with one attached hydrogen (secondary N) is 1. The number of aliphatic hydroxyl groups is 1. The number of carbonyl (C=O) groups excluding carboxylic acids is 1. The first-order chi connectivity index (χ1) is 16.6. The van der Waals surface area contributed by atoms with Crippen LogP contribution in [0.1, 0.15) is 29.2 Å². The molecular formula is C27H27BrN2O4. The Kier molecular flexibility index (Phi) is 7.65. The highest BCUT2D eigenvalue weighted by atomic mass is 79.9. The number of hydrogen-bond acceptors (Lipinski definition) is 5. The van der Waals surface area contributed by atoms with Gasteiger partial charge in [-0.3, -0.25) is 4.79 Å². The Bertz CT molecular complexity index is 1130. The minimum atomic E-state index is -1.17. The molecule has 1 heterocycles. The summed E-state index contributed by atoms with van der Waals surface area (Å²) in [4.78, 5) is 18.4. The molecule has 0 saturated heterocycles. The fourth-order valence-electron chi connectivity index (χ4n) is 4.04. The van der Waals surface area contributed by atoms with Crippen LogP contribution in [0.4, 0.5) is 0 Å². The van der Waals surface area contributed by atoms with Gasteiger partial charge >= 0.3 is 0 Å². The average molecular weight is 523 g/mol. The van der Waals surface area contributed by atoms with E-state index in [1.165, 1.54) is 0 Å². The highest BCUT2D eigenvalue weighted by Crippen LogP contribution is 2.42. The van der Waals surface area contributed by atoms with Crippen LogP contribution in [0.15, 0.2) is 88.3 Å². The summed E-state index contributed by atoms with van der Waals surface area (Å²) in [6, 6.07) is 25.0. The zero-order chi connectivity index (χ0) is 24.0. The molecule has 4 rings (SSSR count). The smallest absolute Gasteiger partial charge is 0.252 e. The summed E-state index contributed by atoms with van der Waals surface area (Å²) in [5.41, 5.74) is 1.45. The molecule has 0 radical (unpaired) electrons. The van der Waals surface area contributed by atoms with E-state index in [9.17, 15) is 4.79 Å². The standard InChI is InChI=1S/C27H27BrN2O4/c1-29-26(32)27(18-19-8-12-22(28)13-9-19)24(20-6-3-2-4-7-20)34-25(30-27)21-10-14-23(15-11-21)33-17-5-16-31/h2-4,6-15,24,31H,5,16-18H2,1H3,(H,29,32)/t24-,27-/m1/s1. The van der Waals surface area contributed by atoms with Gasteiger partial charge in [-0.2, -0.15) is 0 Å². The van der Waals surface area contributed by atoms with Crippen LogP contribution in [-0.4, -0.2) is 42.7 Å². The van der Waals surface area contributed by atoms with Gasteiger partial charge in [0.1, 0.15) is 5.75 Å². The first-order valence-corrected chi connectivity index (χ1v) is 12.0. The Morgan fingerprint density at radius 3 is 2.44 bits per heavy atom. The Morgan fingerprint density at radius 1 is 1.09 bits per heavy atom. The summed E-state index contributed by atoms with van der Waals surface area (Å²) in [6.07, 6.45) is 0.361. The number of amides is 1. The van der Waals surface area contributed by atoms with Crippen molar-refractivity contribution in [1.29, 1.82) is 0 Å². The third-order valence-electron chi connectivity index (χ3n) is 5.75. The number of rotatable bonds is 9. The number of halogens is 1. The summed E-state index contributed by atoms with van der Waals surface area (Å²) in [5, 5.41) is 11.8. The Labute approximate surface area is 207 Å². The highest BCUT2D eigenvalue weighted by molar-refractivity contribution is 9.10. The molecule has 1 amide bonds. The van der Waals surface area contributed by atoms with Gasteiger partial charge < -0.3 is 19.9 Å². The van der Waals surface area contributed by atoms with E-state index in [0.717, 1.165) is 21.2 Å². The van der Waals surface area contributed by atoms with E-state index in [4.69, 9.17) is 19.6 Å². The minimum Gasteiger partial charge on any atom is -0.494 e. The van der Waals surface area contributed by atoms with Crippen molar-refractivity contribution < 1.29 is 19.4 Å². The molecule has 0 saturated carbocycles. The molecule has 0 fully saturated rings. The van der Waals surface area contributed by atoms with Crippen LogP contribution in [0.2, 0.25) is 0 Å². The van der Waals surface area contributed by atoms with Crippen LogP contribution < -0.4 is 10.1 Å². The average Bonchev–Trinajstić information content (AvgIpc) is 3.26. The fourth-order valence-corrected chi connectivity index (χ4v) is 4.30. The lowest BCUT2D eigenvalue weighted by Crippen LogP contribution is -2.48. The molecular weight excluding hydrogens is 496 g/mol. The van der Waals surface area contributed by atoms with Crippen molar-refractivity contribution in [2.75, 3.05) is 20.3 Å². The normalized spacial score (nSPS) is 19.3. The van der Waals surface area contributed by atoms with Gasteiger partial charge in [-0.15, -0.1) is 0 Å². The summed E-state index contributed by atoms with van der Waals surface area (Å²) in [7, 11) is 1.62. The van der Waals surface area contributed by atoms with E-state index in [1.54, 1.807) is 7.05 Å². The van der Waals surface area contributed by atoms with Crippen molar-refractivity contribution >= 4 is 27.7 Å². The lowest BCUT2D eigenvalue weighted by atomic mass is 9.82. The molecule has 34 heavy (non-hydrogen) atoms. The molecule has 0 aromatic heterocycles. The maximum Gasteiger partial charge on any atom is 0.252 e. The molecule has 0 unspecified atom stereocenters. The molecule has 2 atom stereocenters. The molecule has 1 aliphatic heterocycles. The second-order valence-electron chi connectivity index (χ2n) is 8.08. The molecule has 6 nitrogen and oxygen atoms in total. The van der Waals surface area contributed by atoms with Gasteiger partial charge in [0.05, 0.1) is 6.61 Å². The Hall–Kier alpha value is -3.16. The lowest BCUT2D eigenvalue weighted by Gasteiger charge is -2.30. The fraction of sp³-hybridized carbons (Fsp3) is 0.259. The van der Waals surface area contributed by atoms with Gasteiger partial charge in [-0.1, -0.05) is 58.4 Å². The monoisotopic (exact) mass is 522 g/mol. The highest BCUT2D eigenvalue weighted by Gasteiger charge is 2.52. The second kappa shape index (κ2) is 10.8. The molecule has 2 N–H and O–H groups in total. The molecule has 1 aliphatic rings. The number of aliphatic imine (C=N–C) groups is 1. The van der Waals surface area contributed by atoms with Gasteiger partial charge in [0.2, 0.25) is 5.90 Å². The van der Waals surface area contributed by atoms with Crippen molar-refractivity contribution in [1.82, 2.24) is 5.32 Å². The predicted octanol–water partition coefficient (Wildman–Crippen LogP) is 4.46. The van der Waals surface area contributed by atoms with E-state index in [-0.39, 0.29) is 12.5 Å². The number of nitrogens with zero attached hydrogens (tertiary/aromatic N) is 1. The van der Waals surface area contributed by atoms with E-state index < -0.39 is 11.6 Å². The van der Waals surface area contributed by atoms with Gasteiger partial charge in [0.25, 0.3) is 5.91 Å². The first-order valence-electron chi connectivity index (χ1n) is 11.2. The first kappa shape index (κ1) is 24.0. The molecule has 0 aliphatic carbocycles. The van der Waals surface area contributed by atoms with Crippen molar-refractivity contribution in [2.45, 2.75) is 24.5 Å². The number of aliphatic hydroxyl groups excluding tert-OH is 1. The van der Waals surface area contributed by atoms with Gasteiger partial charge in [-0.25, -0.2) is 4.99 Å². The van der Waals surface area contributed by atoms with Crippen LogP contribution >= 0.6 is 15.9 Å². The van der Waals surface area contributed by atoms with Crippen LogP contribution in [0, 0.1) is 0 Å². The van der Waals surface area contributed by atoms with Crippen LogP contribution in [0.3, 0.4) is 0 Å². The van der Waals surface area contributed by atoms with E-state index in [0.29, 0.717) is 31.1 Å². The maximum atomic E-state index is 13.4. The third kappa shape index (κ3) is 5.16. The largest absolute Gasteiger partial charge is 0.494 e. The number of benzene rings is 3. The zero-order valence-corrected chi connectivity index (χ0v) is 20.5. The number of likely N-dealkylation sites (N-methyl/N-ethyl adjacent to an activating group) is 1. The summed E-state index contributed by atoms with van der Waals surface area (Å²) < 4.78 is 13.0. The van der Waals surface area contributed by atoms with Gasteiger partial charge in [-0.05, 0) is 47.5 Å². The molecule has 3 aromatic carbocycles. The number of carbonyl (C=O) groups is 1. The SMILES string of the molecule is CNC(=O)[C@]1(Cc2ccc(Br)cc2)N=C(c2ccc(OCCCO)cc2)O[C@@H]1c1ccccc1. The number of ether oxygens (including phenoxy) is 2. The van der Waals surface area contributed by atoms with E-state index in [1.807, 2.05) is 78.9 Å². The van der Waals surface area contributed by atoms with Crippen molar-refractivity contribution in [3.05, 3.63) is 100 Å².